The molecular weight excluding hydrogens is 807 g/mol. The molecule has 2 aliphatic heterocycles. The number of likely N-dealkylation sites (tertiary alicyclic amines) is 1. The highest BCUT2D eigenvalue weighted by molar-refractivity contribution is 5.92. The van der Waals surface area contributed by atoms with Crippen LogP contribution in [-0.2, 0) is 25.6 Å². The maximum absolute atomic E-state index is 13.9. The number of amides is 4. The number of aromatic amines is 2. The highest BCUT2D eigenvalue weighted by atomic mass is 16.5. The van der Waals surface area contributed by atoms with Crippen molar-refractivity contribution in [1.29, 1.82) is 0 Å². The third-order valence-corrected chi connectivity index (χ3v) is 12.0. The summed E-state index contributed by atoms with van der Waals surface area (Å²) in [6.45, 7) is 10.3. The van der Waals surface area contributed by atoms with E-state index in [1.165, 1.54) is 14.2 Å². The van der Waals surface area contributed by atoms with E-state index in [1.807, 2.05) is 71.0 Å². The largest absolute Gasteiger partial charge is 0.462 e. The fraction of sp³-hybridized carbons (Fsp3) is 0.391. The predicted octanol–water partition coefficient (Wildman–Crippen LogP) is 7.46. The molecule has 1 saturated heterocycles. The molecule has 4 N–H and O–H groups in total. The van der Waals surface area contributed by atoms with Crippen molar-refractivity contribution in [1.82, 2.24) is 44.9 Å². The maximum atomic E-state index is 13.9. The predicted molar refractivity (Wildman–Crippen MR) is 233 cm³/mol. The summed E-state index contributed by atoms with van der Waals surface area (Å²) in [4.78, 5) is 70.3. The number of benzene rings is 2. The standard InChI is InChI=1S/C46H53N9O8/c1-8-26(4)54(43(57)41(25(2)3)52-46(59)61-7)24-39-47-21-32(50-39)28-13-15-34-30(18-28)19-36-31-14-12-29(20-38(31)63-44(55(34)36)37-16-11-27(5)62-37)33-22-48-42(51-33)35-10-9-17-53(35)40(56)23-49-45(58)60-6/h11-16,18-22,25-26,35,41,44H,8-10,17,23-24H2,1-7H3,(H,47,50)(H,48,51)(H,49,58)(H,52,59). The van der Waals surface area contributed by atoms with Crippen LogP contribution in [0.25, 0.3) is 44.7 Å². The third-order valence-electron chi connectivity index (χ3n) is 12.0. The van der Waals surface area contributed by atoms with Gasteiger partial charge in [0.25, 0.3) is 0 Å². The number of H-pyrrole nitrogens is 2. The van der Waals surface area contributed by atoms with Crippen LogP contribution in [0.15, 0.2) is 71.4 Å². The molecule has 17 nitrogen and oxygen atoms in total. The normalized spacial score (nSPS) is 16.5. The van der Waals surface area contributed by atoms with Crippen molar-refractivity contribution in [3.05, 3.63) is 90.2 Å². The highest BCUT2D eigenvalue weighted by Gasteiger charge is 2.35. The number of ether oxygens (including phenoxy) is 3. The number of alkyl carbamates (subject to hydrolysis) is 2. The van der Waals surface area contributed by atoms with Gasteiger partial charge in [0.1, 0.15) is 35.7 Å². The first kappa shape index (κ1) is 42.6. The number of hydrogen-bond acceptors (Lipinski definition) is 10. The number of furan rings is 1. The smallest absolute Gasteiger partial charge is 0.407 e. The quantitative estimate of drug-likeness (QED) is 0.0903. The Labute approximate surface area is 364 Å². The van der Waals surface area contributed by atoms with E-state index in [-0.39, 0.29) is 42.9 Å². The van der Waals surface area contributed by atoms with Gasteiger partial charge in [0.2, 0.25) is 18.0 Å². The Kier molecular flexibility index (Phi) is 12.0. The van der Waals surface area contributed by atoms with Crippen molar-refractivity contribution >= 4 is 34.9 Å². The van der Waals surface area contributed by atoms with Gasteiger partial charge in [-0.1, -0.05) is 32.9 Å². The van der Waals surface area contributed by atoms with Crippen LogP contribution in [-0.4, -0.2) is 97.7 Å². The SMILES string of the molecule is CCC(C)N(Cc1ncc(-c2ccc3c(c2)cc2n3C(c3ccc(C)o3)Oc3cc(-c4cnc(C5CCCN5C(=O)CNC(=O)OC)[nH]4)ccc3-2)[nH]1)C(=O)C(NC(=O)OC)C(C)C. The van der Waals surface area contributed by atoms with Gasteiger partial charge < -0.3 is 49.0 Å². The molecule has 2 aromatic carbocycles. The molecule has 8 rings (SSSR count). The van der Waals surface area contributed by atoms with Crippen LogP contribution >= 0.6 is 0 Å². The number of carbonyl (C=O) groups is 4. The second-order valence-corrected chi connectivity index (χ2v) is 16.4. The van der Waals surface area contributed by atoms with E-state index in [4.69, 9.17) is 18.9 Å². The van der Waals surface area contributed by atoms with Gasteiger partial charge in [0.15, 0.2) is 5.76 Å². The van der Waals surface area contributed by atoms with Crippen LogP contribution in [0, 0.1) is 12.8 Å². The third kappa shape index (κ3) is 8.46. The zero-order valence-electron chi connectivity index (χ0n) is 36.5. The molecule has 6 aromatic rings. The van der Waals surface area contributed by atoms with Crippen molar-refractivity contribution in [2.45, 2.75) is 84.8 Å². The molecule has 0 aliphatic carbocycles. The lowest BCUT2D eigenvalue weighted by atomic mass is 10.0. The Morgan fingerprint density at radius 3 is 2.41 bits per heavy atom. The monoisotopic (exact) mass is 859 g/mol. The van der Waals surface area contributed by atoms with Crippen LogP contribution in [0.3, 0.4) is 0 Å². The molecule has 4 unspecified atom stereocenters. The number of nitrogens with zero attached hydrogens (tertiary/aromatic N) is 5. The molecule has 0 bridgehead atoms. The van der Waals surface area contributed by atoms with E-state index < -0.39 is 24.5 Å². The molecule has 17 heteroatoms. The molecule has 6 heterocycles. The van der Waals surface area contributed by atoms with Gasteiger partial charge in [0.05, 0.1) is 61.8 Å². The van der Waals surface area contributed by atoms with Gasteiger partial charge in [-0.25, -0.2) is 19.6 Å². The zero-order chi connectivity index (χ0) is 44.5. The fourth-order valence-electron chi connectivity index (χ4n) is 8.43. The number of nitrogens with one attached hydrogen (secondary N) is 4. The van der Waals surface area contributed by atoms with E-state index in [1.54, 1.807) is 22.2 Å². The highest BCUT2D eigenvalue weighted by Crippen LogP contribution is 2.46. The lowest BCUT2D eigenvalue weighted by molar-refractivity contribution is -0.137. The first-order valence-electron chi connectivity index (χ1n) is 21.3. The minimum absolute atomic E-state index is 0.107. The molecule has 4 atom stereocenters. The van der Waals surface area contributed by atoms with Gasteiger partial charge >= 0.3 is 12.2 Å². The molecule has 2 aliphatic rings. The van der Waals surface area contributed by atoms with Crippen molar-refractivity contribution in [3.8, 4) is 39.5 Å². The van der Waals surface area contributed by atoms with Gasteiger partial charge in [-0.15, -0.1) is 0 Å². The van der Waals surface area contributed by atoms with E-state index in [0.717, 1.165) is 69.7 Å². The molecule has 0 saturated carbocycles. The van der Waals surface area contributed by atoms with Gasteiger partial charge in [-0.2, -0.15) is 0 Å². The Morgan fingerprint density at radius 2 is 1.68 bits per heavy atom. The number of imidazole rings is 2. The number of fused-ring (bicyclic) bond motifs is 5. The second kappa shape index (κ2) is 17.7. The van der Waals surface area contributed by atoms with Crippen molar-refractivity contribution in [2.24, 2.45) is 5.92 Å². The molecule has 330 valence electrons. The molecule has 0 spiro atoms. The summed E-state index contributed by atoms with van der Waals surface area (Å²) >= 11 is 0. The van der Waals surface area contributed by atoms with Gasteiger partial charge in [0, 0.05) is 34.7 Å². The zero-order valence-corrected chi connectivity index (χ0v) is 36.5. The number of rotatable bonds is 13. The summed E-state index contributed by atoms with van der Waals surface area (Å²) in [5.74, 6) is 2.82. The summed E-state index contributed by atoms with van der Waals surface area (Å²) in [7, 11) is 2.54. The van der Waals surface area contributed by atoms with E-state index in [9.17, 15) is 19.2 Å². The number of aryl methyl sites for hydroxylation is 1. The molecule has 0 radical (unpaired) electrons. The topological polar surface area (TPSA) is 202 Å². The molecule has 63 heavy (non-hydrogen) atoms. The summed E-state index contributed by atoms with van der Waals surface area (Å²) in [6, 6.07) is 17.2. The Hall–Kier alpha value is -7.04. The average molecular weight is 860 g/mol. The fourth-order valence-corrected chi connectivity index (χ4v) is 8.43. The maximum Gasteiger partial charge on any atom is 0.407 e. The summed E-state index contributed by atoms with van der Waals surface area (Å²) in [6.07, 6.45) is 3.93. The number of methoxy groups -OCH3 is 2. The van der Waals surface area contributed by atoms with E-state index in [2.05, 4.69) is 53.1 Å². The summed E-state index contributed by atoms with van der Waals surface area (Å²) < 4.78 is 24.6. The van der Waals surface area contributed by atoms with E-state index >= 15 is 0 Å². The van der Waals surface area contributed by atoms with Crippen LogP contribution in [0.5, 0.6) is 5.75 Å². The number of carbonyl (C=O) groups excluding carboxylic acids is 4. The number of aromatic nitrogens is 5. The van der Waals surface area contributed by atoms with Crippen LogP contribution in [0.1, 0.15) is 82.4 Å². The average Bonchev–Trinajstić information content (AvgIpc) is 4.15. The molecule has 4 amide bonds. The van der Waals surface area contributed by atoms with Crippen molar-refractivity contribution in [3.63, 3.8) is 0 Å². The van der Waals surface area contributed by atoms with Crippen molar-refractivity contribution in [2.75, 3.05) is 27.3 Å². The minimum Gasteiger partial charge on any atom is -0.462 e. The summed E-state index contributed by atoms with van der Waals surface area (Å²) in [5.41, 5.74) is 6.15. The molecule has 1 fully saturated rings. The Morgan fingerprint density at radius 1 is 0.937 bits per heavy atom. The lowest BCUT2D eigenvalue weighted by Crippen LogP contribution is -2.53. The molecule has 4 aromatic heterocycles. The number of hydrogen-bond donors (Lipinski definition) is 4. The van der Waals surface area contributed by atoms with E-state index in [0.29, 0.717) is 29.7 Å². The van der Waals surface area contributed by atoms with Crippen LogP contribution < -0.4 is 15.4 Å². The lowest BCUT2D eigenvalue weighted by Gasteiger charge is -2.33. The Balaban J connectivity index is 1.08. The second-order valence-electron chi connectivity index (χ2n) is 16.4. The first-order valence-corrected chi connectivity index (χ1v) is 21.3. The first-order chi connectivity index (χ1) is 30.4. The minimum atomic E-state index is -0.756. The van der Waals surface area contributed by atoms with Gasteiger partial charge in [-0.05, 0) is 81.5 Å². The van der Waals surface area contributed by atoms with Gasteiger partial charge in [-0.3, -0.25) is 14.2 Å². The molecular formula is C46H53N9O8. The summed E-state index contributed by atoms with van der Waals surface area (Å²) in [5, 5.41) is 6.16. The van der Waals surface area contributed by atoms with Crippen molar-refractivity contribution < 1.29 is 37.8 Å². The van der Waals surface area contributed by atoms with Crippen LogP contribution in [0.4, 0.5) is 9.59 Å². The van der Waals surface area contributed by atoms with Crippen LogP contribution in [0.2, 0.25) is 0 Å². The Bertz CT molecular complexity index is 2660.